The molecule has 2 aliphatic rings. The van der Waals surface area contributed by atoms with Crippen molar-refractivity contribution in [1.82, 2.24) is 19.6 Å². The molecule has 1 aromatic carbocycles. The maximum atomic E-state index is 12.1. The third-order valence-electron chi connectivity index (χ3n) is 4.75. The van der Waals surface area contributed by atoms with Gasteiger partial charge in [-0.05, 0) is 19.4 Å². The Bertz CT molecular complexity index is 683. The van der Waals surface area contributed by atoms with E-state index in [1.807, 2.05) is 0 Å². The van der Waals surface area contributed by atoms with Gasteiger partial charge in [-0.25, -0.2) is 9.69 Å². The Balaban J connectivity index is 1.52. The molecule has 0 bridgehead atoms. The Kier molecular flexibility index (Phi) is 5.15. The summed E-state index contributed by atoms with van der Waals surface area (Å²) in [4.78, 5) is 42.4. The summed E-state index contributed by atoms with van der Waals surface area (Å²) >= 11 is 0. The maximum absolute atomic E-state index is 12.1. The second-order valence-corrected chi connectivity index (χ2v) is 6.59. The Morgan fingerprint density at radius 3 is 2.16 bits per heavy atom. The van der Waals surface area contributed by atoms with E-state index in [0.29, 0.717) is 0 Å². The van der Waals surface area contributed by atoms with Crippen molar-refractivity contribution in [3.63, 3.8) is 0 Å². The average Bonchev–Trinajstić information content (AvgIpc) is 2.80. The predicted molar refractivity (Wildman–Crippen MR) is 92.5 cm³/mol. The lowest BCUT2D eigenvalue weighted by molar-refractivity contribution is -0.144. The zero-order chi connectivity index (χ0) is 18.0. The van der Waals surface area contributed by atoms with Crippen LogP contribution in [0.5, 0.6) is 0 Å². The number of rotatable bonds is 5. The number of carbonyl (C=O) groups is 3. The molecule has 134 valence electrons. The van der Waals surface area contributed by atoms with E-state index in [1.165, 1.54) is 11.1 Å². The van der Waals surface area contributed by atoms with Crippen LogP contribution in [-0.2, 0) is 16.1 Å². The number of aryl methyl sites for hydroxylation is 1. The van der Waals surface area contributed by atoms with Crippen LogP contribution >= 0.6 is 0 Å². The molecule has 25 heavy (non-hydrogen) atoms. The summed E-state index contributed by atoms with van der Waals surface area (Å²) in [5, 5.41) is 0. The number of hydrogen-bond acceptors (Lipinski definition) is 5. The Morgan fingerprint density at radius 1 is 0.920 bits per heavy atom. The highest BCUT2D eigenvalue weighted by atomic mass is 16.2. The molecule has 0 aromatic heterocycles. The van der Waals surface area contributed by atoms with E-state index in [4.69, 9.17) is 0 Å². The second kappa shape index (κ2) is 7.33. The average molecular weight is 344 g/mol. The van der Waals surface area contributed by atoms with E-state index >= 15 is 0 Å². The molecule has 0 unspecified atom stereocenters. The van der Waals surface area contributed by atoms with Crippen LogP contribution in [0.25, 0.3) is 0 Å². The summed E-state index contributed by atoms with van der Waals surface area (Å²) in [5.41, 5.74) is 2.55. The van der Waals surface area contributed by atoms with Gasteiger partial charge in [-0.2, -0.15) is 0 Å². The molecule has 7 heteroatoms. The molecule has 2 fully saturated rings. The normalized spacial score (nSPS) is 20.0. The van der Waals surface area contributed by atoms with Gasteiger partial charge in [0.2, 0.25) is 0 Å². The number of benzene rings is 1. The van der Waals surface area contributed by atoms with Crippen molar-refractivity contribution in [1.29, 1.82) is 0 Å². The summed E-state index contributed by atoms with van der Waals surface area (Å²) in [6.07, 6.45) is 0. The second-order valence-electron chi connectivity index (χ2n) is 6.59. The minimum Gasteiger partial charge on any atom is -0.297 e. The highest BCUT2D eigenvalue weighted by molar-refractivity contribution is 6.44. The van der Waals surface area contributed by atoms with E-state index < -0.39 is 17.8 Å². The molecule has 0 aliphatic carbocycles. The Hall–Kier alpha value is -2.25. The van der Waals surface area contributed by atoms with E-state index in [-0.39, 0.29) is 13.2 Å². The molecule has 0 atom stereocenters. The first-order chi connectivity index (χ1) is 12.0. The molecule has 4 amide bonds. The number of hydrogen-bond donors (Lipinski definition) is 0. The molecule has 7 nitrogen and oxygen atoms in total. The lowest BCUT2D eigenvalue weighted by Crippen LogP contribution is -2.51. The van der Waals surface area contributed by atoms with Crippen LogP contribution in [0.1, 0.15) is 18.1 Å². The van der Waals surface area contributed by atoms with Crippen LogP contribution in [0.3, 0.4) is 0 Å². The van der Waals surface area contributed by atoms with E-state index in [1.54, 1.807) is 6.92 Å². The van der Waals surface area contributed by atoms with Crippen molar-refractivity contribution in [2.75, 3.05) is 39.4 Å². The lowest BCUT2D eigenvalue weighted by atomic mass is 10.1. The fraction of sp³-hybridized carbons (Fsp3) is 0.500. The zero-order valence-electron chi connectivity index (χ0n) is 14.8. The molecule has 0 N–H and O–H groups in total. The molecule has 0 spiro atoms. The van der Waals surface area contributed by atoms with Crippen molar-refractivity contribution in [3.8, 4) is 0 Å². The summed E-state index contributed by atoms with van der Waals surface area (Å²) in [7, 11) is 0. The van der Waals surface area contributed by atoms with E-state index in [0.717, 1.165) is 42.5 Å². The van der Waals surface area contributed by atoms with Gasteiger partial charge in [-0.3, -0.25) is 24.3 Å². The number of urea groups is 1. The first-order valence-electron chi connectivity index (χ1n) is 8.67. The molecule has 3 rings (SSSR count). The summed E-state index contributed by atoms with van der Waals surface area (Å²) in [5.74, 6) is -1.43. The highest BCUT2D eigenvalue weighted by Crippen LogP contribution is 2.15. The topological polar surface area (TPSA) is 64.2 Å². The van der Waals surface area contributed by atoms with Gasteiger partial charge in [-0.15, -0.1) is 0 Å². The first kappa shape index (κ1) is 17.6. The monoisotopic (exact) mass is 344 g/mol. The lowest BCUT2D eigenvalue weighted by Gasteiger charge is -2.35. The van der Waals surface area contributed by atoms with Crippen LogP contribution in [0.4, 0.5) is 4.79 Å². The van der Waals surface area contributed by atoms with Crippen molar-refractivity contribution >= 4 is 17.8 Å². The molecule has 0 radical (unpaired) electrons. The van der Waals surface area contributed by atoms with Gasteiger partial charge >= 0.3 is 17.8 Å². The molecular formula is C18H24N4O3. The molecule has 2 aliphatic heterocycles. The highest BCUT2D eigenvalue weighted by Gasteiger charge is 2.44. The van der Waals surface area contributed by atoms with Gasteiger partial charge in [0.25, 0.3) is 0 Å². The van der Waals surface area contributed by atoms with Gasteiger partial charge in [0.1, 0.15) is 0 Å². The number of amides is 4. The van der Waals surface area contributed by atoms with Gasteiger partial charge in [0, 0.05) is 39.3 Å². The minimum absolute atomic E-state index is 0.193. The molecular weight excluding hydrogens is 320 g/mol. The van der Waals surface area contributed by atoms with Crippen LogP contribution in [0.15, 0.2) is 24.3 Å². The SMILES string of the molecule is CCN1C(=O)C(=O)N(CN2CCN(Cc3cccc(C)c3)CC2)C1=O. The van der Waals surface area contributed by atoms with Gasteiger partial charge in [-0.1, -0.05) is 29.8 Å². The van der Waals surface area contributed by atoms with Crippen LogP contribution in [-0.4, -0.2) is 76.8 Å². The number of piperazine rings is 1. The minimum atomic E-state index is -0.717. The summed E-state index contributed by atoms with van der Waals surface area (Å²) < 4.78 is 0. The van der Waals surface area contributed by atoms with Crippen molar-refractivity contribution in [2.24, 2.45) is 0 Å². The summed E-state index contributed by atoms with van der Waals surface area (Å²) in [6, 6.07) is 7.98. The maximum Gasteiger partial charge on any atom is 0.335 e. The Morgan fingerprint density at radius 2 is 1.56 bits per heavy atom. The van der Waals surface area contributed by atoms with Crippen LogP contribution < -0.4 is 0 Å². The van der Waals surface area contributed by atoms with Gasteiger partial charge < -0.3 is 0 Å². The van der Waals surface area contributed by atoms with Gasteiger partial charge in [0.05, 0.1) is 6.67 Å². The zero-order valence-corrected chi connectivity index (χ0v) is 14.8. The first-order valence-corrected chi connectivity index (χ1v) is 8.67. The molecule has 2 heterocycles. The smallest absolute Gasteiger partial charge is 0.297 e. The predicted octanol–water partition coefficient (Wildman–Crippen LogP) is 0.881. The summed E-state index contributed by atoms with van der Waals surface area (Å²) in [6.45, 7) is 8.38. The Labute approximate surface area is 147 Å². The largest absolute Gasteiger partial charge is 0.335 e. The van der Waals surface area contributed by atoms with Crippen LogP contribution in [0.2, 0.25) is 0 Å². The van der Waals surface area contributed by atoms with Crippen molar-refractivity contribution in [3.05, 3.63) is 35.4 Å². The standard InChI is InChI=1S/C18H24N4O3/c1-3-21-16(23)17(24)22(18(21)25)13-20-9-7-19(8-10-20)12-15-6-4-5-14(2)11-15/h4-6,11H,3,7-10,12-13H2,1-2H3. The third kappa shape index (κ3) is 3.72. The fourth-order valence-corrected chi connectivity index (χ4v) is 3.31. The van der Waals surface area contributed by atoms with Crippen molar-refractivity contribution < 1.29 is 14.4 Å². The molecule has 0 saturated carbocycles. The van der Waals surface area contributed by atoms with E-state index in [9.17, 15) is 14.4 Å². The number of nitrogens with zero attached hydrogens (tertiary/aromatic N) is 4. The number of carbonyl (C=O) groups excluding carboxylic acids is 3. The van der Waals surface area contributed by atoms with E-state index in [2.05, 4.69) is 41.0 Å². The third-order valence-corrected chi connectivity index (χ3v) is 4.75. The van der Waals surface area contributed by atoms with Crippen molar-refractivity contribution in [2.45, 2.75) is 20.4 Å². The fourth-order valence-electron chi connectivity index (χ4n) is 3.31. The molecule has 2 saturated heterocycles. The number of likely N-dealkylation sites (N-methyl/N-ethyl adjacent to an activating group) is 1. The van der Waals surface area contributed by atoms with Crippen LogP contribution in [0, 0.1) is 6.92 Å². The van der Waals surface area contributed by atoms with Gasteiger partial charge in [0.15, 0.2) is 0 Å². The quantitative estimate of drug-likeness (QED) is 0.586. The molecule has 1 aromatic rings. The number of imide groups is 2.